The molecule has 0 spiro atoms. The quantitative estimate of drug-likeness (QED) is 0.355. The van der Waals surface area contributed by atoms with Crippen LogP contribution < -0.4 is 29.3 Å². The summed E-state index contributed by atoms with van der Waals surface area (Å²) < 4.78 is 18.8. The molecule has 8 nitrogen and oxygen atoms in total. The molecule has 0 bridgehead atoms. The van der Waals surface area contributed by atoms with Gasteiger partial charge >= 0.3 is 5.97 Å². The van der Waals surface area contributed by atoms with Crippen LogP contribution in [0.15, 0.2) is 63.5 Å². The Morgan fingerprint density at radius 1 is 1.05 bits per heavy atom. The molecule has 0 fully saturated rings. The average Bonchev–Trinajstić information content (AvgIpc) is 3.23. The van der Waals surface area contributed by atoms with E-state index < -0.39 is 12.0 Å². The molecule has 0 saturated heterocycles. The number of benzene rings is 2. The van der Waals surface area contributed by atoms with Crippen molar-refractivity contribution in [2.75, 3.05) is 38.3 Å². The standard InChI is InChI=1S/C30H35N3O5S/c1-7-32(8-2)22-14-11-20(12-15-22)17-25-28(34)33-27(21-13-16-23(36-6)24(18-21)37-9-3)26(29(35)38-10-4)19(5)31-30(33)39-25/h11-18,27H,7-10H2,1-6H3/b25-17-/t27-/m1/s1. The minimum atomic E-state index is -0.724. The van der Waals surface area contributed by atoms with Crippen molar-refractivity contribution in [3.05, 3.63) is 84.5 Å². The first-order valence-electron chi connectivity index (χ1n) is 13.2. The number of carbonyl (C=O) groups is 1. The largest absolute Gasteiger partial charge is 0.493 e. The first-order chi connectivity index (χ1) is 18.9. The molecule has 0 amide bonds. The molecule has 1 aliphatic rings. The lowest BCUT2D eigenvalue weighted by atomic mass is 9.95. The minimum absolute atomic E-state index is 0.211. The number of nitrogens with zero attached hydrogens (tertiary/aromatic N) is 3. The summed E-state index contributed by atoms with van der Waals surface area (Å²) in [6.45, 7) is 12.2. The van der Waals surface area contributed by atoms with E-state index in [2.05, 4.69) is 35.9 Å². The third-order valence-corrected chi connectivity index (χ3v) is 7.62. The van der Waals surface area contributed by atoms with E-state index in [0.717, 1.165) is 24.3 Å². The van der Waals surface area contributed by atoms with Gasteiger partial charge in [-0.25, -0.2) is 9.79 Å². The van der Waals surface area contributed by atoms with Gasteiger partial charge in [0, 0.05) is 18.8 Å². The predicted molar refractivity (Wildman–Crippen MR) is 155 cm³/mol. The number of aromatic nitrogens is 1. The molecule has 2 heterocycles. The third kappa shape index (κ3) is 5.63. The molecule has 0 aliphatic carbocycles. The molecule has 0 saturated carbocycles. The zero-order chi connectivity index (χ0) is 28.1. The van der Waals surface area contributed by atoms with Gasteiger partial charge in [-0.05, 0) is 76.1 Å². The average molecular weight is 550 g/mol. The third-order valence-electron chi connectivity index (χ3n) is 6.64. The number of esters is 1. The lowest BCUT2D eigenvalue weighted by Crippen LogP contribution is -2.40. The second kappa shape index (κ2) is 12.3. The maximum absolute atomic E-state index is 13.9. The molecule has 2 aromatic carbocycles. The van der Waals surface area contributed by atoms with Crippen molar-refractivity contribution in [1.29, 1.82) is 0 Å². The van der Waals surface area contributed by atoms with Crippen molar-refractivity contribution in [3.8, 4) is 11.5 Å². The number of rotatable bonds is 10. The van der Waals surface area contributed by atoms with Crippen LogP contribution in [0.2, 0.25) is 0 Å². The fourth-order valence-electron chi connectivity index (χ4n) is 4.76. The smallest absolute Gasteiger partial charge is 0.338 e. The molecule has 39 heavy (non-hydrogen) atoms. The molecule has 206 valence electrons. The van der Waals surface area contributed by atoms with Crippen molar-refractivity contribution in [2.24, 2.45) is 4.99 Å². The van der Waals surface area contributed by atoms with E-state index in [1.54, 1.807) is 31.6 Å². The number of thiazole rings is 1. The monoisotopic (exact) mass is 549 g/mol. The summed E-state index contributed by atoms with van der Waals surface area (Å²) in [6, 6.07) is 12.9. The molecule has 9 heteroatoms. The second-order valence-electron chi connectivity index (χ2n) is 8.91. The lowest BCUT2D eigenvalue weighted by molar-refractivity contribution is -0.139. The van der Waals surface area contributed by atoms with Crippen LogP contribution in [-0.2, 0) is 9.53 Å². The fraction of sp³-hybridized carbons (Fsp3) is 0.367. The van der Waals surface area contributed by atoms with Crippen LogP contribution >= 0.6 is 11.3 Å². The number of hydrogen-bond donors (Lipinski definition) is 0. The highest BCUT2D eigenvalue weighted by molar-refractivity contribution is 7.07. The summed E-state index contributed by atoms with van der Waals surface area (Å²) in [7, 11) is 1.57. The summed E-state index contributed by atoms with van der Waals surface area (Å²) in [5.74, 6) is 0.601. The van der Waals surface area contributed by atoms with Crippen molar-refractivity contribution >= 4 is 29.1 Å². The van der Waals surface area contributed by atoms with Crippen LogP contribution in [0.4, 0.5) is 5.69 Å². The van der Waals surface area contributed by atoms with Crippen molar-refractivity contribution < 1.29 is 19.0 Å². The van der Waals surface area contributed by atoms with Gasteiger partial charge in [0.05, 0.1) is 42.2 Å². The first-order valence-corrected chi connectivity index (χ1v) is 14.0. The van der Waals surface area contributed by atoms with Gasteiger partial charge in [0.15, 0.2) is 16.3 Å². The molecule has 1 aliphatic heterocycles. The maximum Gasteiger partial charge on any atom is 0.338 e. The number of ether oxygens (including phenoxy) is 3. The van der Waals surface area contributed by atoms with Crippen LogP contribution in [0, 0.1) is 0 Å². The van der Waals surface area contributed by atoms with E-state index >= 15 is 0 Å². The Kier molecular flexibility index (Phi) is 8.91. The van der Waals surface area contributed by atoms with Crippen LogP contribution in [0.5, 0.6) is 11.5 Å². The SMILES string of the molecule is CCOC(=O)C1=C(C)N=c2s/c(=C\c3ccc(N(CC)CC)cc3)c(=O)n2[C@@H]1c1ccc(OC)c(OCC)c1. The molecule has 1 aromatic heterocycles. The van der Waals surface area contributed by atoms with E-state index in [0.29, 0.717) is 44.3 Å². The summed E-state index contributed by atoms with van der Waals surface area (Å²) in [5.41, 5.74) is 3.37. The normalized spacial score (nSPS) is 15.0. The molecular formula is C30H35N3O5S. The molecule has 0 N–H and O–H groups in total. The number of hydrogen-bond acceptors (Lipinski definition) is 8. The zero-order valence-electron chi connectivity index (χ0n) is 23.3. The number of methoxy groups -OCH3 is 1. The Morgan fingerprint density at radius 3 is 2.38 bits per heavy atom. The molecular weight excluding hydrogens is 514 g/mol. The van der Waals surface area contributed by atoms with Gasteiger partial charge in [0.25, 0.3) is 5.56 Å². The van der Waals surface area contributed by atoms with Crippen LogP contribution in [0.1, 0.15) is 51.8 Å². The van der Waals surface area contributed by atoms with Crippen molar-refractivity contribution in [1.82, 2.24) is 4.57 Å². The van der Waals surface area contributed by atoms with Gasteiger partial charge < -0.3 is 19.1 Å². The van der Waals surface area contributed by atoms with Crippen LogP contribution in [-0.4, -0.2) is 43.9 Å². The van der Waals surface area contributed by atoms with E-state index in [1.165, 1.54) is 11.3 Å². The number of allylic oxidation sites excluding steroid dienone is 1. The highest BCUT2D eigenvalue weighted by Gasteiger charge is 2.34. The number of anilines is 1. The van der Waals surface area contributed by atoms with E-state index in [1.807, 2.05) is 37.3 Å². The van der Waals surface area contributed by atoms with Gasteiger partial charge in [-0.2, -0.15) is 0 Å². The number of fused-ring (bicyclic) bond motifs is 1. The van der Waals surface area contributed by atoms with Crippen molar-refractivity contribution in [2.45, 2.75) is 40.7 Å². The maximum atomic E-state index is 13.9. The molecule has 4 rings (SSSR count). The minimum Gasteiger partial charge on any atom is -0.493 e. The van der Waals surface area contributed by atoms with Gasteiger partial charge in [-0.1, -0.05) is 29.5 Å². The summed E-state index contributed by atoms with van der Waals surface area (Å²) >= 11 is 1.30. The van der Waals surface area contributed by atoms with E-state index in [9.17, 15) is 9.59 Å². The first kappa shape index (κ1) is 28.2. The van der Waals surface area contributed by atoms with Crippen molar-refractivity contribution in [3.63, 3.8) is 0 Å². The van der Waals surface area contributed by atoms with Gasteiger partial charge in [0.2, 0.25) is 0 Å². The Balaban J connectivity index is 1.88. The number of carbonyl (C=O) groups excluding carboxylic acids is 1. The zero-order valence-corrected chi connectivity index (χ0v) is 24.1. The predicted octanol–water partition coefficient (Wildman–Crippen LogP) is 4.05. The van der Waals surface area contributed by atoms with Gasteiger partial charge in [-0.3, -0.25) is 9.36 Å². The molecule has 1 atom stereocenters. The molecule has 3 aromatic rings. The molecule has 0 unspecified atom stereocenters. The van der Waals surface area contributed by atoms with Crippen LogP contribution in [0.25, 0.3) is 6.08 Å². The molecule has 0 radical (unpaired) electrons. The lowest BCUT2D eigenvalue weighted by Gasteiger charge is -2.25. The summed E-state index contributed by atoms with van der Waals surface area (Å²) in [6.07, 6.45) is 1.87. The Bertz CT molecular complexity index is 1550. The second-order valence-corrected chi connectivity index (χ2v) is 9.92. The summed E-state index contributed by atoms with van der Waals surface area (Å²) in [5, 5.41) is 0. The highest BCUT2D eigenvalue weighted by atomic mass is 32.1. The Morgan fingerprint density at radius 2 is 1.77 bits per heavy atom. The topological polar surface area (TPSA) is 82.4 Å². The van der Waals surface area contributed by atoms with Crippen LogP contribution in [0.3, 0.4) is 0 Å². The Hall–Kier alpha value is -3.85. The highest BCUT2D eigenvalue weighted by Crippen LogP contribution is 2.36. The van der Waals surface area contributed by atoms with E-state index in [-0.39, 0.29) is 12.2 Å². The summed E-state index contributed by atoms with van der Waals surface area (Å²) in [4.78, 5) is 34.5. The van der Waals surface area contributed by atoms with Gasteiger partial charge in [0.1, 0.15) is 0 Å². The Labute approximate surface area is 232 Å². The van der Waals surface area contributed by atoms with E-state index in [4.69, 9.17) is 14.2 Å². The van der Waals surface area contributed by atoms with Gasteiger partial charge in [-0.15, -0.1) is 0 Å². The fourth-order valence-corrected chi connectivity index (χ4v) is 5.81.